The fraction of sp³-hybridized carbons (Fsp3) is 0.526. The summed E-state index contributed by atoms with van der Waals surface area (Å²) in [6, 6.07) is 6.08. The Balaban J connectivity index is 1.86. The first-order valence-electron chi connectivity index (χ1n) is 9.64. The second-order valence-electron chi connectivity index (χ2n) is 7.64. The standard InChI is InChI=1S/C19H27N5O4S/c1-13(2)24-18(21-22(4)19(24)26)15-6-5-11-23(12-15)29(27,28)17-9-7-16(8-10-17)20-14(3)25/h7-10,13,15H,5-6,11-12H2,1-4H3,(H,20,25). The minimum Gasteiger partial charge on any atom is -0.326 e. The zero-order chi connectivity index (χ0) is 21.3. The number of piperidine rings is 1. The van der Waals surface area contributed by atoms with Crippen molar-refractivity contribution < 1.29 is 13.2 Å². The van der Waals surface area contributed by atoms with Crippen molar-refractivity contribution in [2.75, 3.05) is 18.4 Å². The molecule has 1 aromatic carbocycles. The third-order valence-corrected chi connectivity index (χ3v) is 6.94. The van der Waals surface area contributed by atoms with Crippen molar-refractivity contribution in [3.05, 3.63) is 40.6 Å². The van der Waals surface area contributed by atoms with Gasteiger partial charge >= 0.3 is 5.69 Å². The highest BCUT2D eigenvalue weighted by molar-refractivity contribution is 7.89. The number of benzene rings is 1. The Morgan fingerprint density at radius 3 is 2.48 bits per heavy atom. The Morgan fingerprint density at radius 1 is 1.24 bits per heavy atom. The van der Waals surface area contributed by atoms with E-state index in [1.165, 1.54) is 28.0 Å². The summed E-state index contributed by atoms with van der Waals surface area (Å²) in [6.07, 6.45) is 1.47. The second kappa shape index (κ2) is 8.11. The number of carbonyl (C=O) groups excluding carboxylic acids is 1. The lowest BCUT2D eigenvalue weighted by molar-refractivity contribution is -0.114. The molecule has 0 saturated carbocycles. The molecule has 1 N–H and O–H groups in total. The van der Waals surface area contributed by atoms with Gasteiger partial charge in [-0.15, -0.1) is 0 Å². The van der Waals surface area contributed by atoms with E-state index in [0.717, 1.165) is 6.42 Å². The first kappa shape index (κ1) is 21.3. The molecule has 10 heteroatoms. The van der Waals surface area contributed by atoms with Crippen molar-refractivity contribution >= 4 is 21.6 Å². The summed E-state index contributed by atoms with van der Waals surface area (Å²) < 4.78 is 30.7. The number of aryl methyl sites for hydroxylation is 1. The molecule has 0 spiro atoms. The lowest BCUT2D eigenvalue weighted by atomic mass is 9.98. The van der Waals surface area contributed by atoms with Crippen LogP contribution >= 0.6 is 0 Å². The molecular weight excluding hydrogens is 394 g/mol. The largest absolute Gasteiger partial charge is 0.345 e. The van der Waals surface area contributed by atoms with Gasteiger partial charge in [-0.05, 0) is 51.0 Å². The summed E-state index contributed by atoms with van der Waals surface area (Å²) in [6.45, 7) is 5.93. The van der Waals surface area contributed by atoms with Crippen molar-refractivity contribution in [2.24, 2.45) is 7.05 Å². The van der Waals surface area contributed by atoms with Crippen LogP contribution < -0.4 is 11.0 Å². The highest BCUT2D eigenvalue weighted by Crippen LogP contribution is 2.30. The van der Waals surface area contributed by atoms with E-state index in [2.05, 4.69) is 10.4 Å². The van der Waals surface area contributed by atoms with Crippen LogP contribution in [0.1, 0.15) is 51.4 Å². The van der Waals surface area contributed by atoms with Gasteiger partial charge in [0, 0.05) is 44.7 Å². The normalized spacial score (nSPS) is 18.2. The predicted octanol–water partition coefficient (Wildman–Crippen LogP) is 1.69. The minimum atomic E-state index is -3.69. The van der Waals surface area contributed by atoms with Crippen molar-refractivity contribution in [1.82, 2.24) is 18.7 Å². The molecule has 1 aromatic heterocycles. The average molecular weight is 422 g/mol. The van der Waals surface area contributed by atoms with Gasteiger partial charge in [0.1, 0.15) is 5.82 Å². The van der Waals surface area contributed by atoms with Crippen LogP contribution in [0.5, 0.6) is 0 Å². The summed E-state index contributed by atoms with van der Waals surface area (Å²) in [4.78, 5) is 23.7. The first-order valence-corrected chi connectivity index (χ1v) is 11.1. The smallest absolute Gasteiger partial charge is 0.326 e. The molecule has 1 aliphatic rings. The summed E-state index contributed by atoms with van der Waals surface area (Å²) in [5.41, 5.74) is 0.353. The number of nitrogens with zero attached hydrogens (tertiary/aromatic N) is 4. The Hall–Kier alpha value is -2.46. The molecule has 0 aliphatic carbocycles. The molecule has 1 aliphatic heterocycles. The Morgan fingerprint density at radius 2 is 1.90 bits per heavy atom. The fourth-order valence-electron chi connectivity index (χ4n) is 3.70. The summed E-state index contributed by atoms with van der Waals surface area (Å²) in [5.74, 6) is 0.271. The number of amides is 1. The van der Waals surface area contributed by atoms with E-state index in [1.807, 2.05) is 13.8 Å². The number of nitrogens with one attached hydrogen (secondary N) is 1. The second-order valence-corrected chi connectivity index (χ2v) is 9.57. The number of rotatable bonds is 5. The van der Waals surface area contributed by atoms with Crippen LogP contribution in [0.3, 0.4) is 0 Å². The molecule has 1 fully saturated rings. The highest BCUT2D eigenvalue weighted by atomic mass is 32.2. The molecule has 1 unspecified atom stereocenters. The van der Waals surface area contributed by atoms with Crippen molar-refractivity contribution in [1.29, 1.82) is 0 Å². The van der Waals surface area contributed by atoms with E-state index in [0.29, 0.717) is 24.5 Å². The summed E-state index contributed by atoms with van der Waals surface area (Å²) in [7, 11) is -2.08. The molecule has 1 amide bonds. The predicted molar refractivity (Wildman–Crippen MR) is 109 cm³/mol. The lowest BCUT2D eigenvalue weighted by Gasteiger charge is -2.31. The van der Waals surface area contributed by atoms with Crippen LogP contribution in [-0.2, 0) is 21.9 Å². The molecule has 3 rings (SSSR count). The zero-order valence-electron chi connectivity index (χ0n) is 17.1. The number of aromatic nitrogens is 3. The summed E-state index contributed by atoms with van der Waals surface area (Å²) in [5, 5.41) is 7.01. The van der Waals surface area contributed by atoms with Crippen LogP contribution in [0.4, 0.5) is 5.69 Å². The average Bonchev–Trinajstić information content (AvgIpc) is 2.97. The molecule has 2 heterocycles. The number of sulfonamides is 1. The first-order chi connectivity index (χ1) is 13.6. The molecule has 1 atom stereocenters. The van der Waals surface area contributed by atoms with Crippen LogP contribution in [-0.4, -0.2) is 46.1 Å². The number of hydrogen-bond acceptors (Lipinski definition) is 5. The summed E-state index contributed by atoms with van der Waals surface area (Å²) >= 11 is 0. The van der Waals surface area contributed by atoms with Gasteiger partial charge in [0.15, 0.2) is 0 Å². The van der Waals surface area contributed by atoms with Gasteiger partial charge in [0.25, 0.3) is 0 Å². The molecular formula is C19H27N5O4S. The molecule has 29 heavy (non-hydrogen) atoms. The molecule has 0 bridgehead atoms. The van der Waals surface area contributed by atoms with Crippen molar-refractivity contribution in [3.63, 3.8) is 0 Å². The van der Waals surface area contributed by atoms with Gasteiger partial charge in [-0.1, -0.05) is 0 Å². The number of hydrogen-bond donors (Lipinski definition) is 1. The zero-order valence-corrected chi connectivity index (χ0v) is 17.9. The van der Waals surface area contributed by atoms with E-state index in [4.69, 9.17) is 0 Å². The molecule has 158 valence electrons. The maximum Gasteiger partial charge on any atom is 0.345 e. The van der Waals surface area contributed by atoms with Gasteiger partial charge in [-0.25, -0.2) is 17.9 Å². The van der Waals surface area contributed by atoms with Gasteiger partial charge < -0.3 is 5.32 Å². The SMILES string of the molecule is CC(=O)Nc1ccc(S(=O)(=O)N2CCCC(c3nn(C)c(=O)n3C(C)C)C2)cc1. The van der Waals surface area contributed by atoms with E-state index in [9.17, 15) is 18.0 Å². The lowest BCUT2D eigenvalue weighted by Crippen LogP contribution is -2.40. The van der Waals surface area contributed by atoms with Gasteiger partial charge in [-0.2, -0.15) is 9.40 Å². The van der Waals surface area contributed by atoms with Gasteiger partial charge in [0.2, 0.25) is 15.9 Å². The number of anilines is 1. The maximum atomic E-state index is 13.1. The molecule has 9 nitrogen and oxygen atoms in total. The quantitative estimate of drug-likeness (QED) is 0.791. The van der Waals surface area contributed by atoms with E-state index >= 15 is 0 Å². The van der Waals surface area contributed by atoms with Crippen LogP contribution in [0, 0.1) is 0 Å². The van der Waals surface area contributed by atoms with Crippen molar-refractivity contribution in [2.45, 2.75) is 50.5 Å². The van der Waals surface area contributed by atoms with E-state index in [-0.39, 0.29) is 35.0 Å². The Kier molecular flexibility index (Phi) is 5.95. The van der Waals surface area contributed by atoms with E-state index in [1.54, 1.807) is 23.7 Å². The molecule has 2 aromatic rings. The monoisotopic (exact) mass is 421 g/mol. The molecule has 0 radical (unpaired) electrons. The van der Waals surface area contributed by atoms with Gasteiger partial charge in [-0.3, -0.25) is 9.36 Å². The third kappa shape index (κ3) is 4.27. The fourth-order valence-corrected chi connectivity index (χ4v) is 5.22. The van der Waals surface area contributed by atoms with E-state index < -0.39 is 10.0 Å². The maximum absolute atomic E-state index is 13.1. The van der Waals surface area contributed by atoms with Crippen LogP contribution in [0.15, 0.2) is 34.0 Å². The minimum absolute atomic E-state index is 0.0560. The van der Waals surface area contributed by atoms with Gasteiger partial charge in [0.05, 0.1) is 4.90 Å². The Labute approximate surface area is 170 Å². The highest BCUT2D eigenvalue weighted by Gasteiger charge is 2.34. The Bertz CT molecular complexity index is 1050. The molecule has 1 saturated heterocycles. The third-order valence-electron chi connectivity index (χ3n) is 5.06. The van der Waals surface area contributed by atoms with Crippen molar-refractivity contribution in [3.8, 4) is 0 Å². The number of carbonyl (C=O) groups is 1. The van der Waals surface area contributed by atoms with Crippen LogP contribution in [0.25, 0.3) is 0 Å². The van der Waals surface area contributed by atoms with Crippen LogP contribution in [0.2, 0.25) is 0 Å². The topological polar surface area (TPSA) is 106 Å².